The lowest BCUT2D eigenvalue weighted by Gasteiger charge is -2.39. The molecule has 0 spiro atoms. The predicted octanol–water partition coefficient (Wildman–Crippen LogP) is 4.17. The van der Waals surface area contributed by atoms with E-state index in [-0.39, 0.29) is 11.4 Å². The Kier molecular flexibility index (Phi) is 5.09. The minimum absolute atomic E-state index is 0.0252. The Hall–Kier alpha value is -1.02. The van der Waals surface area contributed by atoms with Crippen molar-refractivity contribution in [2.24, 2.45) is 5.92 Å². The molecular weight excluding hydrogens is 270 g/mol. The van der Waals surface area contributed by atoms with Crippen molar-refractivity contribution in [3.63, 3.8) is 0 Å². The molecule has 0 aliphatic heterocycles. The maximum atomic E-state index is 12.6. The minimum atomic E-state index is -0.225. The number of hydrogen-bond acceptors (Lipinski definition) is 1. The topological polar surface area (TPSA) is 29.1 Å². The van der Waals surface area contributed by atoms with Gasteiger partial charge in [0, 0.05) is 11.4 Å². The number of alkyl halides is 1. The van der Waals surface area contributed by atoms with E-state index in [1.807, 2.05) is 24.3 Å². The lowest BCUT2D eigenvalue weighted by atomic mass is 9.77. The van der Waals surface area contributed by atoms with Crippen molar-refractivity contribution >= 4 is 17.5 Å². The Morgan fingerprint density at radius 2 is 2.20 bits per heavy atom. The number of amides is 1. The van der Waals surface area contributed by atoms with E-state index >= 15 is 0 Å². The molecule has 1 N–H and O–H groups in total. The highest BCUT2D eigenvalue weighted by atomic mass is 35.5. The summed E-state index contributed by atoms with van der Waals surface area (Å²) in [6.07, 6.45) is 5.22. The quantitative estimate of drug-likeness (QED) is 0.830. The first-order valence-corrected chi connectivity index (χ1v) is 8.10. The second-order valence-corrected chi connectivity index (χ2v) is 6.35. The number of aryl methyl sites for hydroxylation is 1. The molecule has 1 amide bonds. The van der Waals surface area contributed by atoms with Gasteiger partial charge in [0.2, 0.25) is 0 Å². The molecular formula is C17H24ClNO. The zero-order chi connectivity index (χ0) is 14.6. The van der Waals surface area contributed by atoms with Crippen LogP contribution in [-0.4, -0.2) is 17.3 Å². The van der Waals surface area contributed by atoms with Gasteiger partial charge in [0.15, 0.2) is 0 Å². The van der Waals surface area contributed by atoms with Crippen molar-refractivity contribution in [2.45, 2.75) is 51.5 Å². The molecule has 0 radical (unpaired) electrons. The molecule has 0 bridgehead atoms. The molecule has 1 aromatic carbocycles. The average Bonchev–Trinajstić information content (AvgIpc) is 2.47. The van der Waals surface area contributed by atoms with Crippen LogP contribution in [0.3, 0.4) is 0 Å². The van der Waals surface area contributed by atoms with Crippen LogP contribution in [0.5, 0.6) is 0 Å². The second kappa shape index (κ2) is 6.62. The van der Waals surface area contributed by atoms with Crippen molar-refractivity contribution in [3.8, 4) is 0 Å². The Morgan fingerprint density at radius 3 is 2.85 bits per heavy atom. The highest BCUT2D eigenvalue weighted by Gasteiger charge is 2.35. The van der Waals surface area contributed by atoms with Gasteiger partial charge in [-0.05, 0) is 36.8 Å². The van der Waals surface area contributed by atoms with Gasteiger partial charge >= 0.3 is 0 Å². The largest absolute Gasteiger partial charge is 0.345 e. The Morgan fingerprint density at radius 1 is 1.45 bits per heavy atom. The predicted molar refractivity (Wildman–Crippen MR) is 84.4 cm³/mol. The van der Waals surface area contributed by atoms with Crippen LogP contribution in [0, 0.1) is 5.92 Å². The van der Waals surface area contributed by atoms with Gasteiger partial charge < -0.3 is 5.32 Å². The number of benzene rings is 1. The Labute approximate surface area is 126 Å². The molecule has 1 aliphatic rings. The Balaban J connectivity index is 2.17. The standard InChI is InChI=1S/C17H24ClNO/c1-3-14-8-4-5-9-15(14)16(20)19-17(12-18)10-6-7-13(2)11-17/h4-5,8-9,13H,3,6-7,10-12H2,1-2H3,(H,19,20). The molecule has 20 heavy (non-hydrogen) atoms. The molecule has 1 aromatic rings. The minimum Gasteiger partial charge on any atom is -0.345 e. The SMILES string of the molecule is CCc1ccccc1C(=O)NC1(CCl)CCCC(C)C1. The van der Waals surface area contributed by atoms with Crippen molar-refractivity contribution in [1.82, 2.24) is 5.32 Å². The highest BCUT2D eigenvalue weighted by molar-refractivity contribution is 6.19. The zero-order valence-corrected chi connectivity index (χ0v) is 13.2. The van der Waals surface area contributed by atoms with Gasteiger partial charge in [-0.25, -0.2) is 0 Å². The van der Waals surface area contributed by atoms with Gasteiger partial charge in [0.05, 0.1) is 5.54 Å². The van der Waals surface area contributed by atoms with E-state index in [0.717, 1.165) is 36.8 Å². The second-order valence-electron chi connectivity index (χ2n) is 6.08. The van der Waals surface area contributed by atoms with Crippen LogP contribution in [0.1, 0.15) is 55.5 Å². The molecule has 0 aromatic heterocycles. The molecule has 0 saturated heterocycles. The van der Waals surface area contributed by atoms with E-state index in [4.69, 9.17) is 11.6 Å². The summed E-state index contributed by atoms with van der Waals surface area (Å²) in [5.74, 6) is 1.15. The fourth-order valence-electron chi connectivity index (χ4n) is 3.29. The number of rotatable bonds is 4. The van der Waals surface area contributed by atoms with Crippen molar-refractivity contribution in [3.05, 3.63) is 35.4 Å². The lowest BCUT2D eigenvalue weighted by Crippen LogP contribution is -2.52. The molecule has 3 heteroatoms. The highest BCUT2D eigenvalue weighted by Crippen LogP contribution is 2.33. The van der Waals surface area contributed by atoms with Gasteiger partial charge in [-0.3, -0.25) is 4.79 Å². The fourth-order valence-corrected chi connectivity index (χ4v) is 3.60. The lowest BCUT2D eigenvalue weighted by molar-refractivity contribution is 0.0866. The zero-order valence-electron chi connectivity index (χ0n) is 12.4. The first kappa shape index (κ1) is 15.4. The molecule has 1 aliphatic carbocycles. The summed E-state index contributed by atoms with van der Waals surface area (Å²) in [5.41, 5.74) is 1.66. The Bertz CT molecular complexity index is 474. The van der Waals surface area contributed by atoms with Crippen LogP contribution in [0.4, 0.5) is 0 Å². The summed E-state index contributed by atoms with van der Waals surface area (Å²) in [7, 11) is 0. The summed E-state index contributed by atoms with van der Waals surface area (Å²) >= 11 is 6.19. The van der Waals surface area contributed by atoms with Crippen molar-refractivity contribution in [1.29, 1.82) is 0 Å². The van der Waals surface area contributed by atoms with E-state index in [9.17, 15) is 4.79 Å². The summed E-state index contributed by atoms with van der Waals surface area (Å²) in [5, 5.41) is 3.23. The van der Waals surface area contributed by atoms with Crippen LogP contribution in [-0.2, 0) is 6.42 Å². The molecule has 110 valence electrons. The van der Waals surface area contributed by atoms with E-state index < -0.39 is 0 Å². The summed E-state index contributed by atoms with van der Waals surface area (Å²) < 4.78 is 0. The van der Waals surface area contributed by atoms with Gasteiger partial charge in [-0.15, -0.1) is 11.6 Å². The van der Waals surface area contributed by atoms with Crippen LogP contribution in [0.15, 0.2) is 24.3 Å². The summed E-state index contributed by atoms with van der Waals surface area (Å²) in [6.45, 7) is 4.32. The van der Waals surface area contributed by atoms with Crippen LogP contribution in [0.25, 0.3) is 0 Å². The van der Waals surface area contributed by atoms with Crippen molar-refractivity contribution < 1.29 is 4.79 Å². The van der Waals surface area contributed by atoms with Crippen LogP contribution in [0.2, 0.25) is 0 Å². The average molecular weight is 294 g/mol. The molecule has 2 rings (SSSR count). The number of nitrogens with one attached hydrogen (secondary N) is 1. The normalized spacial score (nSPS) is 26.2. The molecule has 1 saturated carbocycles. The van der Waals surface area contributed by atoms with Gasteiger partial charge in [-0.2, -0.15) is 0 Å². The van der Waals surface area contributed by atoms with E-state index in [1.165, 1.54) is 6.42 Å². The molecule has 1 fully saturated rings. The van der Waals surface area contributed by atoms with E-state index in [1.54, 1.807) is 0 Å². The number of carbonyl (C=O) groups is 1. The van der Waals surface area contributed by atoms with Crippen LogP contribution < -0.4 is 5.32 Å². The molecule has 2 unspecified atom stereocenters. The maximum absolute atomic E-state index is 12.6. The third-order valence-corrected chi connectivity index (χ3v) is 4.88. The molecule has 2 nitrogen and oxygen atoms in total. The van der Waals surface area contributed by atoms with E-state index in [0.29, 0.717) is 11.8 Å². The summed E-state index contributed by atoms with van der Waals surface area (Å²) in [6, 6.07) is 7.83. The van der Waals surface area contributed by atoms with E-state index in [2.05, 4.69) is 19.2 Å². The fraction of sp³-hybridized carbons (Fsp3) is 0.588. The van der Waals surface area contributed by atoms with Gasteiger partial charge in [0.25, 0.3) is 5.91 Å². The first-order valence-electron chi connectivity index (χ1n) is 7.56. The molecule has 2 atom stereocenters. The molecule has 0 heterocycles. The smallest absolute Gasteiger partial charge is 0.252 e. The van der Waals surface area contributed by atoms with Gasteiger partial charge in [-0.1, -0.05) is 44.9 Å². The van der Waals surface area contributed by atoms with Gasteiger partial charge in [0.1, 0.15) is 0 Å². The summed E-state index contributed by atoms with van der Waals surface area (Å²) in [4.78, 5) is 12.6. The third-order valence-electron chi connectivity index (χ3n) is 4.37. The monoisotopic (exact) mass is 293 g/mol. The number of hydrogen-bond donors (Lipinski definition) is 1. The van der Waals surface area contributed by atoms with Crippen LogP contribution >= 0.6 is 11.6 Å². The van der Waals surface area contributed by atoms with Crippen molar-refractivity contribution in [2.75, 3.05) is 5.88 Å². The third kappa shape index (κ3) is 3.35. The number of carbonyl (C=O) groups excluding carboxylic acids is 1. The first-order chi connectivity index (χ1) is 9.60. The number of halogens is 1. The maximum Gasteiger partial charge on any atom is 0.252 e.